The van der Waals surface area contributed by atoms with E-state index in [9.17, 15) is 4.79 Å². The zero-order valence-electron chi connectivity index (χ0n) is 12.8. The quantitative estimate of drug-likeness (QED) is 0.797. The minimum Gasteiger partial charge on any atom is -0.444 e. The van der Waals surface area contributed by atoms with Gasteiger partial charge in [0.25, 0.3) is 0 Å². The average molecular weight is 313 g/mol. The second-order valence-electron chi connectivity index (χ2n) is 6.17. The zero-order chi connectivity index (χ0) is 15.6. The predicted molar refractivity (Wildman–Crippen MR) is 81.7 cm³/mol. The van der Waals surface area contributed by atoms with Gasteiger partial charge in [-0.05, 0) is 27.7 Å². The van der Waals surface area contributed by atoms with Gasteiger partial charge in [0.2, 0.25) is 0 Å². The van der Waals surface area contributed by atoms with E-state index in [2.05, 4.69) is 14.9 Å². The fraction of sp³-hybridized carbons (Fsp3) is 0.643. The highest BCUT2D eigenvalue weighted by molar-refractivity contribution is 6.29. The molecule has 2 heterocycles. The molecule has 1 fully saturated rings. The van der Waals surface area contributed by atoms with Crippen LogP contribution in [-0.2, 0) is 4.74 Å². The summed E-state index contributed by atoms with van der Waals surface area (Å²) in [7, 11) is 0. The summed E-state index contributed by atoms with van der Waals surface area (Å²) in [4.78, 5) is 24.3. The van der Waals surface area contributed by atoms with Crippen molar-refractivity contribution in [1.29, 1.82) is 0 Å². The van der Waals surface area contributed by atoms with Crippen LogP contribution in [0.2, 0.25) is 5.15 Å². The molecule has 1 atom stereocenters. The van der Waals surface area contributed by atoms with Crippen LogP contribution in [0.3, 0.4) is 0 Å². The van der Waals surface area contributed by atoms with E-state index in [0.29, 0.717) is 24.8 Å². The Labute approximate surface area is 130 Å². The molecule has 0 aromatic carbocycles. The molecule has 116 valence electrons. The van der Waals surface area contributed by atoms with Crippen molar-refractivity contribution in [2.24, 2.45) is 0 Å². The minimum absolute atomic E-state index is 0.0473. The first-order valence-electron chi connectivity index (χ1n) is 6.98. The summed E-state index contributed by atoms with van der Waals surface area (Å²) < 4.78 is 5.43. The van der Waals surface area contributed by atoms with Crippen LogP contribution in [0.5, 0.6) is 0 Å². The number of rotatable bonds is 1. The molecular weight excluding hydrogens is 292 g/mol. The van der Waals surface area contributed by atoms with Gasteiger partial charge in [0.1, 0.15) is 16.6 Å². The predicted octanol–water partition coefficient (Wildman–Crippen LogP) is 2.58. The lowest BCUT2D eigenvalue weighted by Gasteiger charge is -2.40. The first kappa shape index (κ1) is 15.8. The number of halogens is 1. The topological polar surface area (TPSA) is 58.6 Å². The molecule has 0 bridgehead atoms. The fourth-order valence-electron chi connectivity index (χ4n) is 2.23. The first-order chi connectivity index (χ1) is 9.76. The van der Waals surface area contributed by atoms with Crippen LogP contribution < -0.4 is 4.90 Å². The zero-order valence-corrected chi connectivity index (χ0v) is 13.6. The van der Waals surface area contributed by atoms with Crippen LogP contribution in [0, 0.1) is 0 Å². The fourth-order valence-corrected chi connectivity index (χ4v) is 2.32. The number of carbonyl (C=O) groups excluding carboxylic acids is 1. The highest BCUT2D eigenvalue weighted by atomic mass is 35.5. The third kappa shape index (κ3) is 4.20. The Morgan fingerprint density at radius 3 is 2.57 bits per heavy atom. The maximum atomic E-state index is 12.2. The van der Waals surface area contributed by atoms with Gasteiger partial charge in [-0.25, -0.2) is 14.8 Å². The van der Waals surface area contributed by atoms with Crippen molar-refractivity contribution < 1.29 is 9.53 Å². The SMILES string of the molecule is C[C@H]1CN(c2cnc(Cl)cn2)CCN1C(=O)OC(C)(C)C. The van der Waals surface area contributed by atoms with Crippen LogP contribution in [0.1, 0.15) is 27.7 Å². The van der Waals surface area contributed by atoms with Gasteiger partial charge in [-0.3, -0.25) is 0 Å². The third-order valence-corrected chi connectivity index (χ3v) is 3.38. The molecule has 0 N–H and O–H groups in total. The van der Waals surface area contributed by atoms with Crippen molar-refractivity contribution in [2.75, 3.05) is 24.5 Å². The van der Waals surface area contributed by atoms with Gasteiger partial charge in [0.15, 0.2) is 0 Å². The molecule has 1 aromatic heterocycles. The number of carbonyl (C=O) groups is 1. The van der Waals surface area contributed by atoms with Crippen LogP contribution in [0.4, 0.5) is 10.6 Å². The number of piperazine rings is 1. The molecule has 6 nitrogen and oxygen atoms in total. The Kier molecular flexibility index (Phi) is 4.56. The van der Waals surface area contributed by atoms with Gasteiger partial charge >= 0.3 is 6.09 Å². The Hall–Kier alpha value is -1.56. The largest absolute Gasteiger partial charge is 0.444 e. The number of hydrogen-bond donors (Lipinski definition) is 0. The molecule has 7 heteroatoms. The Morgan fingerprint density at radius 1 is 1.33 bits per heavy atom. The lowest BCUT2D eigenvalue weighted by Crippen LogP contribution is -2.55. The van der Waals surface area contributed by atoms with Crippen molar-refractivity contribution in [3.8, 4) is 0 Å². The third-order valence-electron chi connectivity index (χ3n) is 3.19. The molecule has 2 rings (SSSR count). The lowest BCUT2D eigenvalue weighted by molar-refractivity contribution is 0.0158. The van der Waals surface area contributed by atoms with Crippen LogP contribution in [0.25, 0.3) is 0 Å². The number of nitrogens with zero attached hydrogens (tertiary/aromatic N) is 4. The lowest BCUT2D eigenvalue weighted by atomic mass is 10.2. The molecule has 1 aliphatic heterocycles. The summed E-state index contributed by atoms with van der Waals surface area (Å²) in [6, 6.07) is 0.0473. The Balaban J connectivity index is 1.99. The molecule has 1 aliphatic rings. The minimum atomic E-state index is -0.477. The molecule has 21 heavy (non-hydrogen) atoms. The second kappa shape index (κ2) is 6.05. The maximum absolute atomic E-state index is 12.2. The highest BCUT2D eigenvalue weighted by Gasteiger charge is 2.31. The normalized spacial score (nSPS) is 19.6. The van der Waals surface area contributed by atoms with E-state index in [1.807, 2.05) is 27.7 Å². The average Bonchev–Trinajstić information content (AvgIpc) is 2.37. The van der Waals surface area contributed by atoms with Gasteiger partial charge < -0.3 is 14.5 Å². The molecular formula is C14H21ClN4O2. The number of amides is 1. The van der Waals surface area contributed by atoms with E-state index in [4.69, 9.17) is 16.3 Å². The summed E-state index contributed by atoms with van der Waals surface area (Å²) in [5, 5.41) is 0.374. The molecule has 0 aliphatic carbocycles. The Bertz CT molecular complexity index is 501. The molecule has 1 saturated heterocycles. The summed E-state index contributed by atoms with van der Waals surface area (Å²) in [6.07, 6.45) is 2.91. The summed E-state index contributed by atoms with van der Waals surface area (Å²) in [5.41, 5.74) is -0.477. The Morgan fingerprint density at radius 2 is 2.05 bits per heavy atom. The van der Waals surface area contributed by atoms with E-state index in [1.165, 1.54) is 6.20 Å². The van der Waals surface area contributed by atoms with Crippen molar-refractivity contribution >= 4 is 23.5 Å². The highest BCUT2D eigenvalue weighted by Crippen LogP contribution is 2.19. The van der Waals surface area contributed by atoms with Crippen molar-refractivity contribution in [2.45, 2.75) is 39.3 Å². The van der Waals surface area contributed by atoms with Crippen molar-refractivity contribution in [1.82, 2.24) is 14.9 Å². The number of ether oxygens (including phenoxy) is 1. The van der Waals surface area contributed by atoms with Gasteiger partial charge in [-0.2, -0.15) is 0 Å². The molecule has 1 aromatic rings. The van der Waals surface area contributed by atoms with Crippen LogP contribution in [-0.4, -0.2) is 52.2 Å². The number of anilines is 1. The van der Waals surface area contributed by atoms with E-state index >= 15 is 0 Å². The van der Waals surface area contributed by atoms with Gasteiger partial charge in [0.05, 0.1) is 12.4 Å². The van der Waals surface area contributed by atoms with Crippen LogP contribution >= 0.6 is 11.6 Å². The van der Waals surface area contributed by atoms with Gasteiger partial charge in [0, 0.05) is 25.7 Å². The van der Waals surface area contributed by atoms with Gasteiger partial charge in [-0.15, -0.1) is 0 Å². The van der Waals surface area contributed by atoms with E-state index in [-0.39, 0.29) is 12.1 Å². The summed E-state index contributed by atoms with van der Waals surface area (Å²) in [6.45, 7) is 9.59. The monoisotopic (exact) mass is 312 g/mol. The smallest absolute Gasteiger partial charge is 0.410 e. The standard InChI is InChI=1S/C14H21ClN4O2/c1-10-9-18(12-8-16-11(15)7-17-12)5-6-19(10)13(20)21-14(2,3)4/h7-8,10H,5-6,9H2,1-4H3/t10-/m0/s1. The molecule has 0 unspecified atom stereocenters. The van der Waals surface area contributed by atoms with Crippen LogP contribution in [0.15, 0.2) is 12.4 Å². The number of hydrogen-bond acceptors (Lipinski definition) is 5. The summed E-state index contributed by atoms with van der Waals surface area (Å²) in [5.74, 6) is 0.773. The van der Waals surface area contributed by atoms with Crippen molar-refractivity contribution in [3.05, 3.63) is 17.5 Å². The van der Waals surface area contributed by atoms with Crippen molar-refractivity contribution in [3.63, 3.8) is 0 Å². The second-order valence-corrected chi connectivity index (χ2v) is 6.55. The van der Waals surface area contributed by atoms with E-state index in [1.54, 1.807) is 11.1 Å². The molecule has 1 amide bonds. The maximum Gasteiger partial charge on any atom is 0.410 e. The molecule has 0 saturated carbocycles. The number of aromatic nitrogens is 2. The molecule has 0 radical (unpaired) electrons. The molecule has 0 spiro atoms. The van der Waals surface area contributed by atoms with Gasteiger partial charge in [-0.1, -0.05) is 11.6 Å². The summed E-state index contributed by atoms with van der Waals surface area (Å²) >= 11 is 5.74. The van der Waals surface area contributed by atoms with E-state index in [0.717, 1.165) is 5.82 Å². The van der Waals surface area contributed by atoms with E-state index < -0.39 is 5.60 Å². The first-order valence-corrected chi connectivity index (χ1v) is 7.36.